The molecule has 138 valence electrons. The fraction of sp³-hybridized carbons (Fsp3) is 1.00. The molecule has 1 aliphatic heterocycles. The molecule has 0 bridgehead atoms. The Hall–Kier alpha value is 2.17. The lowest BCUT2D eigenvalue weighted by Crippen LogP contribution is -2.78. The summed E-state index contributed by atoms with van der Waals surface area (Å²) in [4.78, 5) is 0. The molecule has 0 spiro atoms. The summed E-state index contributed by atoms with van der Waals surface area (Å²) in [5, 5.41) is -1.18. The fourth-order valence-electron chi connectivity index (χ4n) is 3.40. The van der Waals surface area contributed by atoms with Gasteiger partial charge < -0.3 is 18.1 Å². The van der Waals surface area contributed by atoms with E-state index in [1.54, 1.807) is 13.6 Å². The molecule has 1 saturated heterocycles. The minimum absolute atomic E-state index is 0.354. The van der Waals surface area contributed by atoms with Crippen LogP contribution in [0.5, 0.6) is 0 Å². The molecular formula is C10H26Cl3O4P3Si3. The number of hydrogen-bond acceptors (Lipinski definition) is 4. The molecule has 0 aliphatic carbocycles. The van der Waals surface area contributed by atoms with Crippen molar-refractivity contribution in [2.75, 3.05) is 20.0 Å². The zero-order valence-corrected chi connectivity index (χ0v) is 22.8. The van der Waals surface area contributed by atoms with Crippen molar-refractivity contribution in [3.8, 4) is 0 Å². The summed E-state index contributed by atoms with van der Waals surface area (Å²) < 4.78 is 45.3. The van der Waals surface area contributed by atoms with Crippen LogP contribution in [0.3, 0.4) is 0 Å². The lowest BCUT2D eigenvalue weighted by Gasteiger charge is -2.60. The molecule has 0 saturated carbocycles. The van der Waals surface area contributed by atoms with Gasteiger partial charge in [-0.2, -0.15) is 0 Å². The molecule has 0 amide bonds. The fourth-order valence-corrected chi connectivity index (χ4v) is 102. The van der Waals surface area contributed by atoms with E-state index in [9.17, 15) is 13.7 Å². The molecule has 0 aromatic rings. The first-order valence-corrected chi connectivity index (χ1v) is 28.2. The predicted molar refractivity (Wildman–Crippen MR) is 113 cm³/mol. The normalized spacial score (nSPS) is 45.5. The van der Waals surface area contributed by atoms with Crippen LogP contribution in [-0.4, -0.2) is 47.2 Å². The first kappa shape index (κ1) is 23.2. The maximum atomic E-state index is 13.1. The topological polar surface area (TPSA) is 60.4 Å². The van der Waals surface area contributed by atoms with Crippen molar-refractivity contribution in [3.63, 3.8) is 0 Å². The highest BCUT2D eigenvalue weighted by Gasteiger charge is 2.76. The molecule has 0 N–H and O–H groups in total. The number of halogens is 3. The van der Waals surface area contributed by atoms with Crippen molar-refractivity contribution in [2.45, 2.75) is 44.5 Å². The largest absolute Gasteiger partial charge is 0.398 e. The van der Waals surface area contributed by atoms with Gasteiger partial charge in [-0.15, -0.1) is 0 Å². The molecule has 0 aromatic heterocycles. The van der Waals surface area contributed by atoms with E-state index in [2.05, 4.69) is 13.1 Å². The Bertz CT molecular complexity index is 617. The highest BCUT2D eigenvalue weighted by atomic mass is 35.7. The Morgan fingerprint density at radius 2 is 1.30 bits per heavy atom. The van der Waals surface area contributed by atoms with Crippen LogP contribution in [0, 0.1) is 0 Å². The second-order valence-corrected chi connectivity index (χ2v) is 57.8. The second kappa shape index (κ2) is 6.09. The van der Waals surface area contributed by atoms with Crippen LogP contribution in [0.25, 0.3) is 0 Å². The molecule has 1 rings (SSSR count). The Balaban J connectivity index is 3.86. The van der Waals surface area contributed by atoms with Gasteiger partial charge in [0.05, 0.1) is 7.11 Å². The van der Waals surface area contributed by atoms with Gasteiger partial charge in [-0.1, -0.05) is 53.4 Å². The van der Waals surface area contributed by atoms with E-state index in [1.165, 1.54) is 13.3 Å². The van der Waals surface area contributed by atoms with Crippen LogP contribution in [-0.2, 0) is 18.1 Å². The summed E-state index contributed by atoms with van der Waals surface area (Å²) in [6.45, 7) is 10.9. The van der Waals surface area contributed by atoms with Crippen molar-refractivity contribution >= 4 is 74.2 Å². The van der Waals surface area contributed by atoms with Crippen LogP contribution in [0.2, 0.25) is 32.2 Å². The highest BCUT2D eigenvalue weighted by Crippen LogP contribution is 2.77. The van der Waals surface area contributed by atoms with E-state index < -0.39 is 45.8 Å². The quantitative estimate of drug-likeness (QED) is 0.325. The molecule has 1 fully saturated rings. The molecule has 13 heteroatoms. The van der Waals surface area contributed by atoms with E-state index in [0.717, 1.165) is 0 Å². The minimum Gasteiger partial charge on any atom is -0.398 e. The van der Waals surface area contributed by atoms with E-state index in [4.69, 9.17) is 38.1 Å². The van der Waals surface area contributed by atoms with Gasteiger partial charge >= 0.3 is 0 Å². The molecule has 6 atom stereocenters. The average Bonchev–Trinajstić information content (AvgIpc) is 2.21. The lowest BCUT2D eigenvalue weighted by molar-refractivity contribution is 0.192. The molecule has 6 unspecified atom stereocenters. The minimum atomic E-state index is -3.23. The summed E-state index contributed by atoms with van der Waals surface area (Å²) in [6.07, 6.45) is 0. The zero-order valence-electron chi connectivity index (χ0n) is 14.8. The first-order valence-electron chi connectivity index (χ1n) is 7.18. The molecule has 1 heterocycles. The van der Waals surface area contributed by atoms with Crippen LogP contribution in [0.1, 0.15) is 6.92 Å². The summed E-state index contributed by atoms with van der Waals surface area (Å²) in [5.41, 5.74) is 0. The Morgan fingerprint density at radius 1 is 0.913 bits per heavy atom. The van der Waals surface area contributed by atoms with Crippen molar-refractivity contribution in [2.24, 2.45) is 0 Å². The molecular weight excluding hydrogens is 468 g/mol. The van der Waals surface area contributed by atoms with Crippen molar-refractivity contribution in [1.82, 2.24) is 0 Å². The van der Waals surface area contributed by atoms with E-state index in [-0.39, 0.29) is 0 Å². The monoisotopic (exact) mass is 492 g/mol. The van der Waals surface area contributed by atoms with Gasteiger partial charge in [0.25, 0.3) is 7.50 Å². The van der Waals surface area contributed by atoms with Crippen LogP contribution < -0.4 is 0 Å². The van der Waals surface area contributed by atoms with Crippen LogP contribution in [0.15, 0.2) is 0 Å². The van der Waals surface area contributed by atoms with E-state index in [1.807, 2.05) is 13.1 Å². The average molecular weight is 494 g/mol. The Labute approximate surface area is 156 Å². The third-order valence-corrected chi connectivity index (χ3v) is 86.2. The summed E-state index contributed by atoms with van der Waals surface area (Å²) >= 11 is 19.0. The molecule has 0 radical (unpaired) electrons. The van der Waals surface area contributed by atoms with Crippen molar-refractivity contribution < 1.29 is 18.1 Å². The number of hydrogen-bond donors (Lipinski definition) is 0. The molecule has 1 aliphatic rings. The van der Waals surface area contributed by atoms with Gasteiger partial charge in [0.15, 0.2) is 12.5 Å². The van der Waals surface area contributed by atoms with E-state index in [0.29, 0.717) is 6.04 Å². The molecule has 0 aromatic carbocycles. The van der Waals surface area contributed by atoms with Gasteiger partial charge in [0.1, 0.15) is 18.6 Å². The zero-order chi connectivity index (χ0) is 18.9. The lowest BCUT2D eigenvalue weighted by atomic mass is 10.5. The maximum absolute atomic E-state index is 13.1. The Morgan fingerprint density at radius 3 is 1.57 bits per heavy atom. The van der Waals surface area contributed by atoms with Crippen LogP contribution in [0.4, 0.5) is 0 Å². The van der Waals surface area contributed by atoms with E-state index >= 15 is 0 Å². The Kier molecular flexibility index (Phi) is 6.14. The van der Waals surface area contributed by atoms with Crippen LogP contribution >= 0.6 is 52.3 Å². The van der Waals surface area contributed by atoms with Crippen molar-refractivity contribution in [3.05, 3.63) is 0 Å². The SMILES string of the molecule is CC1(P(C)(=O)Cl)C[Si](C)(P(C)(=O)Cl)[Si](C)(C)[Si](C)(P(C)(=O)Cl)O1. The standard InChI is InChI=1S/C10H26Cl3O4P3Si3/c1-10(18(2,11)14)9-22(7,19(3,12)15)21(5,6)23(8,17-10)20(4,13)16/h9H2,1-8H3. The summed E-state index contributed by atoms with van der Waals surface area (Å²) in [6, 6.07) is -5.80. The summed E-state index contributed by atoms with van der Waals surface area (Å²) in [7, 11) is -8.17. The second-order valence-electron chi connectivity index (χ2n) is 7.80. The highest BCUT2D eigenvalue weighted by molar-refractivity contribution is 8.33. The smallest absolute Gasteiger partial charge is 0.257 e. The third kappa shape index (κ3) is 3.39. The van der Waals surface area contributed by atoms with Gasteiger partial charge in [0, 0.05) is 13.3 Å². The summed E-state index contributed by atoms with van der Waals surface area (Å²) in [5.74, 6) is 0. The van der Waals surface area contributed by atoms with Gasteiger partial charge in [-0.25, -0.2) is 0 Å². The van der Waals surface area contributed by atoms with Gasteiger partial charge in [0.2, 0.25) is 0 Å². The van der Waals surface area contributed by atoms with Gasteiger partial charge in [-0.3, -0.25) is 0 Å². The molecule has 4 nitrogen and oxygen atoms in total. The maximum Gasteiger partial charge on any atom is 0.257 e. The number of rotatable bonds is 3. The van der Waals surface area contributed by atoms with Crippen molar-refractivity contribution in [1.29, 1.82) is 0 Å². The molecule has 23 heavy (non-hydrogen) atoms. The van der Waals surface area contributed by atoms with Gasteiger partial charge in [-0.05, 0) is 26.2 Å². The predicted octanol–water partition coefficient (Wildman–Crippen LogP) is 6.69. The first-order chi connectivity index (χ1) is 9.66. The third-order valence-electron chi connectivity index (χ3n) is 6.09.